The zero-order chi connectivity index (χ0) is 14.0. The van der Waals surface area contributed by atoms with Gasteiger partial charge in [-0.2, -0.15) is 0 Å². The first-order valence-corrected chi connectivity index (χ1v) is 7.37. The summed E-state index contributed by atoms with van der Waals surface area (Å²) in [5, 5.41) is -0.0160. The molecule has 0 unspecified atom stereocenters. The first-order chi connectivity index (χ1) is 8.15. The molecule has 0 bridgehead atoms. The van der Waals surface area contributed by atoms with Crippen molar-refractivity contribution in [2.45, 2.75) is 58.2 Å². The molecule has 0 aliphatic heterocycles. The fourth-order valence-corrected chi connectivity index (χ4v) is 2.26. The van der Waals surface area contributed by atoms with Gasteiger partial charge in [0.05, 0.1) is 5.60 Å². The highest BCUT2D eigenvalue weighted by Crippen LogP contribution is 2.12. The van der Waals surface area contributed by atoms with Crippen molar-refractivity contribution < 1.29 is 13.3 Å². The Morgan fingerprint density at radius 2 is 2.06 bits per heavy atom. The Labute approximate surface area is 108 Å². The summed E-state index contributed by atoms with van der Waals surface area (Å²) in [5.74, 6) is 0.674. The normalized spacial score (nSPS) is 12.9. The maximum atomic E-state index is 11.9. The lowest BCUT2D eigenvalue weighted by molar-refractivity contribution is -0.0358. The number of aromatic nitrogens is 2. The molecule has 0 fully saturated rings. The van der Waals surface area contributed by atoms with Crippen LogP contribution in [0.1, 0.15) is 39.9 Å². The molecule has 0 spiro atoms. The quantitative estimate of drug-likeness (QED) is 0.829. The number of sulfonamides is 1. The van der Waals surface area contributed by atoms with Crippen LogP contribution in [0.15, 0.2) is 11.2 Å². The van der Waals surface area contributed by atoms with Gasteiger partial charge in [0.1, 0.15) is 5.82 Å². The van der Waals surface area contributed by atoms with Gasteiger partial charge < -0.3 is 4.57 Å². The Morgan fingerprint density at radius 1 is 1.44 bits per heavy atom. The van der Waals surface area contributed by atoms with Crippen LogP contribution in [0.25, 0.3) is 0 Å². The smallest absolute Gasteiger partial charge is 0.281 e. The van der Waals surface area contributed by atoms with E-state index in [2.05, 4.69) is 9.87 Å². The van der Waals surface area contributed by atoms with Gasteiger partial charge in [-0.25, -0.2) is 13.4 Å². The van der Waals surface area contributed by atoms with Crippen molar-refractivity contribution in [3.63, 3.8) is 0 Å². The summed E-state index contributed by atoms with van der Waals surface area (Å²) in [6.07, 6.45) is 2.44. The predicted molar refractivity (Wildman–Crippen MR) is 68.4 cm³/mol. The Hall–Kier alpha value is -0.920. The number of rotatable bonds is 5. The summed E-state index contributed by atoms with van der Waals surface area (Å²) in [6.45, 7) is 9.83. The lowest BCUT2D eigenvalue weighted by Gasteiger charge is -2.18. The highest BCUT2D eigenvalue weighted by molar-refractivity contribution is 7.89. The maximum Gasteiger partial charge on any atom is 0.281 e. The van der Waals surface area contributed by atoms with Crippen molar-refractivity contribution in [3.05, 3.63) is 12.0 Å². The van der Waals surface area contributed by atoms with Crippen LogP contribution >= 0.6 is 0 Å². The van der Waals surface area contributed by atoms with E-state index in [0.717, 1.165) is 13.0 Å². The monoisotopic (exact) mass is 275 g/mol. The van der Waals surface area contributed by atoms with Crippen LogP contribution < -0.4 is 4.89 Å². The largest absolute Gasteiger partial charge is 0.334 e. The summed E-state index contributed by atoms with van der Waals surface area (Å²) >= 11 is 0. The first kappa shape index (κ1) is 15.1. The highest BCUT2D eigenvalue weighted by Gasteiger charge is 2.22. The molecule has 1 aromatic heterocycles. The van der Waals surface area contributed by atoms with Crippen LogP contribution in [0.4, 0.5) is 0 Å². The third-order valence-electron chi connectivity index (χ3n) is 2.15. The van der Waals surface area contributed by atoms with Crippen LogP contribution in [0.2, 0.25) is 0 Å². The minimum absolute atomic E-state index is 0.0160. The zero-order valence-electron chi connectivity index (χ0n) is 11.5. The van der Waals surface area contributed by atoms with E-state index in [-0.39, 0.29) is 5.03 Å². The standard InChI is InChI=1S/C11H21N3O3S/c1-6-7-14-8-10(12-9(14)2)18(15,16)13-17-11(3,4)5/h8,13H,6-7H2,1-5H3. The number of nitrogens with zero attached hydrogens (tertiary/aromatic N) is 2. The molecule has 7 heteroatoms. The Bertz CT molecular complexity index is 500. The number of nitrogens with one attached hydrogen (secondary N) is 1. The molecule has 0 saturated heterocycles. The molecule has 1 aromatic rings. The third kappa shape index (κ3) is 4.08. The van der Waals surface area contributed by atoms with Crippen LogP contribution in [-0.4, -0.2) is 23.6 Å². The number of hydrogen-bond acceptors (Lipinski definition) is 4. The van der Waals surface area contributed by atoms with Crippen molar-refractivity contribution in [3.8, 4) is 0 Å². The minimum Gasteiger partial charge on any atom is -0.334 e. The summed E-state index contributed by atoms with van der Waals surface area (Å²) in [5.41, 5.74) is -0.589. The van der Waals surface area contributed by atoms with Crippen molar-refractivity contribution in [1.29, 1.82) is 0 Å². The van der Waals surface area contributed by atoms with Gasteiger partial charge in [0.2, 0.25) is 0 Å². The van der Waals surface area contributed by atoms with E-state index >= 15 is 0 Å². The second-order valence-corrected chi connectivity index (χ2v) is 6.71. The minimum atomic E-state index is -3.72. The second kappa shape index (κ2) is 5.38. The molecule has 0 aromatic carbocycles. The Balaban J connectivity index is 2.88. The predicted octanol–water partition coefficient (Wildman–Crippen LogP) is 1.61. The van der Waals surface area contributed by atoms with E-state index in [4.69, 9.17) is 4.84 Å². The van der Waals surface area contributed by atoms with Gasteiger partial charge in [0, 0.05) is 12.7 Å². The summed E-state index contributed by atoms with van der Waals surface area (Å²) in [4.78, 5) is 11.2. The SMILES string of the molecule is CCCn1cc(S(=O)(=O)NOC(C)(C)C)nc1C. The van der Waals surface area contributed by atoms with Gasteiger partial charge in [-0.3, -0.25) is 4.84 Å². The molecule has 0 aliphatic rings. The average molecular weight is 275 g/mol. The van der Waals surface area contributed by atoms with Crippen LogP contribution in [0.3, 0.4) is 0 Å². The molecule has 0 amide bonds. The van der Waals surface area contributed by atoms with Gasteiger partial charge in [-0.1, -0.05) is 11.8 Å². The molecular weight excluding hydrogens is 254 g/mol. The molecule has 18 heavy (non-hydrogen) atoms. The van der Waals surface area contributed by atoms with Crippen molar-refractivity contribution in [1.82, 2.24) is 14.4 Å². The topological polar surface area (TPSA) is 73.2 Å². The van der Waals surface area contributed by atoms with Gasteiger partial charge in [-0.05, 0) is 34.1 Å². The molecule has 1 heterocycles. The first-order valence-electron chi connectivity index (χ1n) is 5.89. The summed E-state index contributed by atoms with van der Waals surface area (Å²) in [6, 6.07) is 0. The van der Waals surface area contributed by atoms with E-state index in [1.165, 1.54) is 6.20 Å². The molecule has 0 radical (unpaired) electrons. The van der Waals surface area contributed by atoms with E-state index < -0.39 is 15.6 Å². The highest BCUT2D eigenvalue weighted by atomic mass is 32.2. The van der Waals surface area contributed by atoms with Gasteiger partial charge >= 0.3 is 0 Å². The van der Waals surface area contributed by atoms with Crippen molar-refractivity contribution >= 4 is 10.0 Å². The van der Waals surface area contributed by atoms with E-state index in [1.807, 2.05) is 11.5 Å². The lowest BCUT2D eigenvalue weighted by Crippen LogP contribution is -2.33. The summed E-state index contributed by atoms with van der Waals surface area (Å²) < 4.78 is 25.7. The van der Waals surface area contributed by atoms with Crippen molar-refractivity contribution in [2.24, 2.45) is 0 Å². The molecule has 0 saturated carbocycles. The molecular formula is C11H21N3O3S. The molecule has 0 atom stereocenters. The lowest BCUT2D eigenvalue weighted by atomic mass is 10.2. The number of hydrogen-bond donors (Lipinski definition) is 1. The van der Waals surface area contributed by atoms with E-state index in [0.29, 0.717) is 5.82 Å². The molecule has 6 nitrogen and oxygen atoms in total. The van der Waals surface area contributed by atoms with E-state index in [9.17, 15) is 8.42 Å². The molecule has 1 rings (SSSR count). The average Bonchev–Trinajstić information content (AvgIpc) is 2.58. The number of aryl methyl sites for hydroxylation is 2. The second-order valence-electron chi connectivity index (χ2n) is 5.12. The van der Waals surface area contributed by atoms with Gasteiger partial charge in [0.15, 0.2) is 5.03 Å². The zero-order valence-corrected chi connectivity index (χ0v) is 12.3. The fourth-order valence-electron chi connectivity index (χ4n) is 1.30. The van der Waals surface area contributed by atoms with Gasteiger partial charge in [0.25, 0.3) is 10.0 Å². The molecule has 104 valence electrons. The fraction of sp³-hybridized carbons (Fsp3) is 0.727. The summed E-state index contributed by atoms with van der Waals surface area (Å²) in [7, 11) is -3.72. The maximum absolute atomic E-state index is 11.9. The third-order valence-corrected chi connectivity index (χ3v) is 3.20. The van der Waals surface area contributed by atoms with Crippen molar-refractivity contribution in [2.75, 3.05) is 0 Å². The Morgan fingerprint density at radius 3 is 2.56 bits per heavy atom. The van der Waals surface area contributed by atoms with Crippen LogP contribution in [0.5, 0.6) is 0 Å². The Kier molecular flexibility index (Phi) is 4.52. The molecule has 1 N–H and O–H groups in total. The van der Waals surface area contributed by atoms with E-state index in [1.54, 1.807) is 27.7 Å². The van der Waals surface area contributed by atoms with Crippen LogP contribution in [-0.2, 0) is 21.4 Å². The van der Waals surface area contributed by atoms with Gasteiger partial charge in [-0.15, -0.1) is 0 Å². The number of imidazole rings is 1. The molecule has 0 aliphatic carbocycles. The van der Waals surface area contributed by atoms with Crippen LogP contribution in [0, 0.1) is 6.92 Å².